The third-order valence-electron chi connectivity index (χ3n) is 6.10. The molecule has 1 unspecified atom stereocenters. The molecule has 1 aliphatic heterocycles. The molecule has 0 spiro atoms. The molecule has 0 N–H and O–H groups in total. The monoisotopic (exact) mass is 540 g/mol. The lowest BCUT2D eigenvalue weighted by Gasteiger charge is -2.36. The minimum absolute atomic E-state index is 0. The van der Waals surface area contributed by atoms with Gasteiger partial charge >= 0.3 is 0 Å². The Morgan fingerprint density at radius 2 is 1.41 bits per heavy atom. The van der Waals surface area contributed by atoms with Gasteiger partial charge in [0.2, 0.25) is 0 Å². The summed E-state index contributed by atoms with van der Waals surface area (Å²) < 4.78 is 26.8. The van der Waals surface area contributed by atoms with E-state index in [9.17, 15) is 8.42 Å². The van der Waals surface area contributed by atoms with Crippen LogP contribution in [0.15, 0.2) is 89.8 Å². The molecule has 4 nitrogen and oxygen atoms in total. The van der Waals surface area contributed by atoms with Crippen molar-refractivity contribution in [2.45, 2.75) is 23.0 Å². The number of hydrogen-bond donors (Lipinski definition) is 0. The van der Waals surface area contributed by atoms with Crippen molar-refractivity contribution in [1.29, 1.82) is 0 Å². The molecule has 1 aliphatic rings. The second-order valence-corrected chi connectivity index (χ2v) is 10.8. The molecule has 0 bridgehead atoms. The van der Waals surface area contributed by atoms with Gasteiger partial charge in [0, 0.05) is 36.9 Å². The lowest BCUT2D eigenvalue weighted by molar-refractivity contribution is 0.252. The Kier molecular flexibility index (Phi) is 11.2. The first-order valence-corrected chi connectivity index (χ1v) is 13.0. The topological polar surface area (TPSA) is 40.6 Å². The Balaban J connectivity index is 0.00000204. The van der Waals surface area contributed by atoms with E-state index in [1.54, 1.807) is 24.3 Å². The quantitative estimate of drug-likeness (QED) is 0.335. The summed E-state index contributed by atoms with van der Waals surface area (Å²) in [5.41, 5.74) is 2.03. The van der Waals surface area contributed by atoms with Crippen LogP contribution in [-0.4, -0.2) is 46.0 Å². The van der Waals surface area contributed by atoms with Crippen LogP contribution in [0.3, 0.4) is 0 Å². The van der Waals surface area contributed by atoms with Crippen LogP contribution in [0.25, 0.3) is 0 Å². The molecule has 8 heteroatoms. The van der Waals surface area contributed by atoms with E-state index in [1.165, 1.54) is 0 Å². The Morgan fingerprint density at radius 1 is 0.794 bits per heavy atom. The molecule has 1 heterocycles. The van der Waals surface area contributed by atoms with Crippen LogP contribution in [0.4, 0.5) is 5.69 Å². The van der Waals surface area contributed by atoms with Crippen molar-refractivity contribution in [2.24, 2.45) is 0 Å². The van der Waals surface area contributed by atoms with Crippen molar-refractivity contribution >= 4 is 51.9 Å². The fraction of sp³-hybridized carbons (Fsp3) is 0.308. The van der Waals surface area contributed by atoms with Gasteiger partial charge in [-0.15, -0.1) is 24.8 Å². The van der Waals surface area contributed by atoms with Gasteiger partial charge in [-0.25, -0.2) is 8.42 Å². The van der Waals surface area contributed by atoms with Gasteiger partial charge in [0.1, 0.15) is 0 Å². The van der Waals surface area contributed by atoms with Gasteiger partial charge in [0.15, 0.2) is 9.84 Å². The van der Waals surface area contributed by atoms with E-state index in [4.69, 9.17) is 11.6 Å². The first-order valence-electron chi connectivity index (χ1n) is 11.1. The maximum absolute atomic E-state index is 13.4. The van der Waals surface area contributed by atoms with Crippen LogP contribution < -0.4 is 4.90 Å². The van der Waals surface area contributed by atoms with E-state index in [1.807, 2.05) is 54.6 Å². The molecule has 3 aromatic rings. The maximum Gasteiger partial charge on any atom is 0.185 e. The molecule has 3 aromatic carbocycles. The standard InChI is InChI=1S/C26H29ClN2O2S.2ClH/c27-23-11-7-12-24(21-23)29-19-17-28(18-20-29)16-8-15-26(22-9-3-1-4-10-22)32(30,31)25-13-5-2-6-14-25;;/h1-7,9-14,21,26H,8,15-20H2;2*1H. The zero-order valence-electron chi connectivity index (χ0n) is 18.9. The minimum atomic E-state index is -3.45. The summed E-state index contributed by atoms with van der Waals surface area (Å²) in [5.74, 6) is 0. The van der Waals surface area contributed by atoms with E-state index in [0.29, 0.717) is 11.3 Å². The highest BCUT2D eigenvalue weighted by molar-refractivity contribution is 7.91. The third-order valence-corrected chi connectivity index (χ3v) is 8.53. The molecule has 0 aromatic heterocycles. The van der Waals surface area contributed by atoms with Crippen LogP contribution in [-0.2, 0) is 9.84 Å². The molecular formula is C26H31Cl3N2O2S. The van der Waals surface area contributed by atoms with Crippen molar-refractivity contribution < 1.29 is 8.42 Å². The van der Waals surface area contributed by atoms with Crippen molar-refractivity contribution in [1.82, 2.24) is 4.90 Å². The van der Waals surface area contributed by atoms with Crippen LogP contribution in [0.2, 0.25) is 5.02 Å². The Hall–Kier alpha value is -1.76. The van der Waals surface area contributed by atoms with Gasteiger partial charge in [-0.2, -0.15) is 0 Å². The van der Waals surface area contributed by atoms with E-state index < -0.39 is 15.1 Å². The predicted octanol–water partition coefficient (Wildman–Crippen LogP) is 6.30. The molecule has 0 saturated carbocycles. The molecule has 0 amide bonds. The van der Waals surface area contributed by atoms with Gasteiger partial charge in [-0.1, -0.05) is 66.2 Å². The molecule has 4 rings (SSSR count). The summed E-state index contributed by atoms with van der Waals surface area (Å²) in [6.45, 7) is 4.73. The Morgan fingerprint density at radius 3 is 2.03 bits per heavy atom. The van der Waals surface area contributed by atoms with Crippen molar-refractivity contribution in [3.05, 3.63) is 95.5 Å². The van der Waals surface area contributed by atoms with E-state index >= 15 is 0 Å². The van der Waals surface area contributed by atoms with Gasteiger partial charge in [0.25, 0.3) is 0 Å². The summed E-state index contributed by atoms with van der Waals surface area (Å²) in [5, 5.41) is 0.232. The number of sulfone groups is 1. The number of rotatable bonds is 8. The SMILES string of the molecule is Cl.Cl.O=S(=O)(c1ccccc1)C(CCCN1CCN(c2cccc(Cl)c2)CC1)c1ccccc1. The molecule has 1 saturated heterocycles. The van der Waals surface area contributed by atoms with Crippen molar-refractivity contribution in [3.63, 3.8) is 0 Å². The van der Waals surface area contributed by atoms with Crippen LogP contribution in [0.5, 0.6) is 0 Å². The van der Waals surface area contributed by atoms with Gasteiger partial charge in [-0.05, 0) is 55.3 Å². The molecule has 1 atom stereocenters. The molecule has 1 fully saturated rings. The Labute approximate surface area is 220 Å². The van der Waals surface area contributed by atoms with Crippen LogP contribution in [0, 0.1) is 0 Å². The van der Waals surface area contributed by atoms with Crippen LogP contribution >= 0.6 is 36.4 Å². The van der Waals surface area contributed by atoms with Gasteiger partial charge in [-0.3, -0.25) is 4.90 Å². The molecule has 0 aliphatic carbocycles. The summed E-state index contributed by atoms with van der Waals surface area (Å²) in [7, 11) is -3.45. The highest BCUT2D eigenvalue weighted by Crippen LogP contribution is 2.33. The van der Waals surface area contributed by atoms with E-state index in [0.717, 1.165) is 55.4 Å². The molecule has 0 radical (unpaired) electrons. The van der Waals surface area contributed by atoms with E-state index in [2.05, 4.69) is 15.9 Å². The van der Waals surface area contributed by atoms with Gasteiger partial charge < -0.3 is 4.90 Å². The predicted molar refractivity (Wildman–Crippen MR) is 147 cm³/mol. The molecule has 184 valence electrons. The van der Waals surface area contributed by atoms with E-state index in [-0.39, 0.29) is 24.8 Å². The van der Waals surface area contributed by atoms with Crippen LogP contribution in [0.1, 0.15) is 23.7 Å². The highest BCUT2D eigenvalue weighted by atomic mass is 35.5. The van der Waals surface area contributed by atoms with Gasteiger partial charge in [0.05, 0.1) is 10.1 Å². The summed E-state index contributed by atoms with van der Waals surface area (Å²) >= 11 is 6.14. The zero-order chi connectivity index (χ0) is 22.4. The lowest BCUT2D eigenvalue weighted by atomic mass is 10.1. The number of piperazine rings is 1. The summed E-state index contributed by atoms with van der Waals surface area (Å²) in [6, 6.07) is 26.4. The first kappa shape index (κ1) is 28.5. The van der Waals surface area contributed by atoms with Crippen molar-refractivity contribution in [3.8, 4) is 0 Å². The fourth-order valence-electron chi connectivity index (χ4n) is 4.35. The fourth-order valence-corrected chi connectivity index (χ4v) is 6.39. The largest absolute Gasteiger partial charge is 0.369 e. The zero-order valence-corrected chi connectivity index (χ0v) is 22.1. The minimum Gasteiger partial charge on any atom is -0.369 e. The third kappa shape index (κ3) is 7.12. The normalized spacial score (nSPS) is 15.1. The smallest absolute Gasteiger partial charge is 0.185 e. The first-order chi connectivity index (χ1) is 15.5. The second-order valence-electron chi connectivity index (χ2n) is 8.21. The van der Waals surface area contributed by atoms with Crippen molar-refractivity contribution in [2.75, 3.05) is 37.6 Å². The number of halogens is 3. The number of benzene rings is 3. The average molecular weight is 542 g/mol. The maximum atomic E-state index is 13.4. The summed E-state index contributed by atoms with van der Waals surface area (Å²) in [6.07, 6.45) is 1.44. The Bertz CT molecular complexity index is 1110. The number of hydrogen-bond acceptors (Lipinski definition) is 4. The second kappa shape index (κ2) is 13.4. The number of anilines is 1. The number of nitrogens with zero attached hydrogens (tertiary/aromatic N) is 2. The molecular weight excluding hydrogens is 511 g/mol. The lowest BCUT2D eigenvalue weighted by Crippen LogP contribution is -2.46. The molecule has 34 heavy (non-hydrogen) atoms. The highest BCUT2D eigenvalue weighted by Gasteiger charge is 2.29. The average Bonchev–Trinajstić information content (AvgIpc) is 2.83. The summed E-state index contributed by atoms with van der Waals surface area (Å²) in [4.78, 5) is 5.18.